The molecule has 14 heavy (non-hydrogen) atoms. The molecular formula is C12H18BrN. The number of rotatable bonds is 1. The first-order valence-electron chi connectivity index (χ1n) is 4.83. The van der Waals surface area contributed by atoms with Crippen LogP contribution in [0.4, 0.5) is 0 Å². The molecule has 0 aliphatic heterocycles. The summed E-state index contributed by atoms with van der Waals surface area (Å²) < 4.78 is 1.10. The monoisotopic (exact) mass is 255 g/mol. The fourth-order valence-corrected chi connectivity index (χ4v) is 2.07. The molecule has 0 amide bonds. The van der Waals surface area contributed by atoms with Crippen molar-refractivity contribution in [1.29, 1.82) is 0 Å². The molecule has 0 radical (unpaired) electrons. The maximum Gasteiger partial charge on any atom is 0.0344 e. The van der Waals surface area contributed by atoms with Gasteiger partial charge in [0.25, 0.3) is 0 Å². The molecule has 1 aromatic carbocycles. The lowest BCUT2D eigenvalue weighted by Crippen LogP contribution is -2.26. The standard InChI is InChI=1S/C12H18BrN/c1-8-5-9(7-10(13)6-8)11(14)12(2,3)4/h5-7,11H,14H2,1-4H3/t11-/m1/s1. The van der Waals surface area contributed by atoms with Crippen LogP contribution >= 0.6 is 15.9 Å². The van der Waals surface area contributed by atoms with Crippen molar-refractivity contribution < 1.29 is 0 Å². The molecule has 0 spiro atoms. The first-order valence-corrected chi connectivity index (χ1v) is 5.62. The Balaban J connectivity index is 3.07. The molecule has 0 saturated carbocycles. The van der Waals surface area contributed by atoms with Crippen LogP contribution in [0.5, 0.6) is 0 Å². The van der Waals surface area contributed by atoms with Crippen molar-refractivity contribution in [2.24, 2.45) is 11.1 Å². The number of aryl methyl sites for hydroxylation is 1. The van der Waals surface area contributed by atoms with Crippen LogP contribution in [0.2, 0.25) is 0 Å². The van der Waals surface area contributed by atoms with E-state index in [1.807, 2.05) is 0 Å². The number of halogens is 1. The molecule has 0 aliphatic carbocycles. The summed E-state index contributed by atoms with van der Waals surface area (Å²) >= 11 is 3.49. The maximum atomic E-state index is 6.19. The fourth-order valence-electron chi connectivity index (χ4n) is 1.44. The third-order valence-corrected chi connectivity index (χ3v) is 2.81. The predicted molar refractivity (Wildman–Crippen MR) is 65.3 cm³/mol. The molecule has 0 aliphatic rings. The van der Waals surface area contributed by atoms with Gasteiger partial charge in [0.15, 0.2) is 0 Å². The second kappa shape index (κ2) is 4.03. The van der Waals surface area contributed by atoms with E-state index in [1.54, 1.807) is 0 Å². The van der Waals surface area contributed by atoms with E-state index in [0.717, 1.165) is 4.47 Å². The summed E-state index contributed by atoms with van der Waals surface area (Å²) in [6.07, 6.45) is 0. The molecular weight excluding hydrogens is 238 g/mol. The van der Waals surface area contributed by atoms with E-state index in [0.29, 0.717) is 0 Å². The Morgan fingerprint density at radius 3 is 2.21 bits per heavy atom. The van der Waals surface area contributed by atoms with Crippen LogP contribution in [-0.2, 0) is 0 Å². The Kier molecular flexibility index (Phi) is 3.38. The highest BCUT2D eigenvalue weighted by atomic mass is 79.9. The van der Waals surface area contributed by atoms with E-state index in [4.69, 9.17) is 5.73 Å². The Morgan fingerprint density at radius 1 is 1.21 bits per heavy atom. The van der Waals surface area contributed by atoms with Crippen molar-refractivity contribution in [2.75, 3.05) is 0 Å². The summed E-state index contributed by atoms with van der Waals surface area (Å²) in [6, 6.07) is 6.43. The highest BCUT2D eigenvalue weighted by molar-refractivity contribution is 9.10. The number of hydrogen-bond acceptors (Lipinski definition) is 1. The molecule has 1 atom stereocenters. The van der Waals surface area contributed by atoms with Gasteiger partial charge in [0.05, 0.1) is 0 Å². The zero-order chi connectivity index (χ0) is 10.9. The second-order valence-corrected chi connectivity index (χ2v) is 5.82. The smallest absolute Gasteiger partial charge is 0.0344 e. The average molecular weight is 256 g/mol. The summed E-state index contributed by atoms with van der Waals surface area (Å²) in [5.41, 5.74) is 8.74. The van der Waals surface area contributed by atoms with E-state index in [1.165, 1.54) is 11.1 Å². The normalized spacial score (nSPS) is 14.1. The lowest BCUT2D eigenvalue weighted by Gasteiger charge is -2.27. The molecule has 1 nitrogen and oxygen atoms in total. The van der Waals surface area contributed by atoms with Gasteiger partial charge < -0.3 is 5.73 Å². The molecule has 0 aromatic heterocycles. The minimum Gasteiger partial charge on any atom is -0.324 e. The largest absolute Gasteiger partial charge is 0.324 e. The molecule has 0 bridgehead atoms. The maximum absolute atomic E-state index is 6.19. The highest BCUT2D eigenvalue weighted by Crippen LogP contribution is 2.32. The zero-order valence-corrected chi connectivity index (χ0v) is 10.9. The Morgan fingerprint density at radius 2 is 1.79 bits per heavy atom. The van der Waals surface area contributed by atoms with E-state index >= 15 is 0 Å². The molecule has 1 rings (SSSR count). The van der Waals surface area contributed by atoms with Crippen molar-refractivity contribution in [3.8, 4) is 0 Å². The summed E-state index contributed by atoms with van der Waals surface area (Å²) in [4.78, 5) is 0. The van der Waals surface area contributed by atoms with E-state index in [2.05, 4.69) is 61.8 Å². The van der Waals surface area contributed by atoms with Gasteiger partial charge in [-0.05, 0) is 35.6 Å². The van der Waals surface area contributed by atoms with Gasteiger partial charge in [0, 0.05) is 10.5 Å². The molecule has 1 aromatic rings. The van der Waals surface area contributed by atoms with Crippen molar-refractivity contribution >= 4 is 15.9 Å². The Labute approximate surface area is 94.8 Å². The molecule has 78 valence electrons. The number of hydrogen-bond donors (Lipinski definition) is 1. The van der Waals surface area contributed by atoms with E-state index < -0.39 is 0 Å². The van der Waals surface area contributed by atoms with Gasteiger partial charge in [-0.25, -0.2) is 0 Å². The topological polar surface area (TPSA) is 26.0 Å². The van der Waals surface area contributed by atoms with Gasteiger partial charge in [-0.2, -0.15) is 0 Å². The van der Waals surface area contributed by atoms with Crippen LogP contribution in [0.15, 0.2) is 22.7 Å². The lowest BCUT2D eigenvalue weighted by atomic mass is 9.83. The molecule has 0 fully saturated rings. The van der Waals surface area contributed by atoms with Crippen molar-refractivity contribution in [1.82, 2.24) is 0 Å². The van der Waals surface area contributed by atoms with Gasteiger partial charge in [-0.1, -0.05) is 42.8 Å². The molecule has 2 heteroatoms. The third-order valence-electron chi connectivity index (χ3n) is 2.36. The van der Waals surface area contributed by atoms with Gasteiger partial charge in [-0.3, -0.25) is 0 Å². The Hall–Kier alpha value is -0.340. The van der Waals surface area contributed by atoms with Crippen molar-refractivity contribution in [3.05, 3.63) is 33.8 Å². The highest BCUT2D eigenvalue weighted by Gasteiger charge is 2.22. The van der Waals surface area contributed by atoms with Crippen LogP contribution in [-0.4, -0.2) is 0 Å². The van der Waals surface area contributed by atoms with E-state index in [9.17, 15) is 0 Å². The fraction of sp³-hybridized carbons (Fsp3) is 0.500. The quantitative estimate of drug-likeness (QED) is 0.812. The summed E-state index contributed by atoms with van der Waals surface area (Å²) in [5, 5.41) is 0. The minimum atomic E-state index is 0.0821. The molecule has 2 N–H and O–H groups in total. The molecule has 0 heterocycles. The summed E-state index contributed by atoms with van der Waals surface area (Å²) in [7, 11) is 0. The van der Waals surface area contributed by atoms with Gasteiger partial charge in [0.1, 0.15) is 0 Å². The second-order valence-electron chi connectivity index (χ2n) is 4.91. The Bertz CT molecular complexity index is 305. The first kappa shape index (κ1) is 11.7. The number of benzene rings is 1. The SMILES string of the molecule is Cc1cc(Br)cc([C@@H](N)C(C)(C)C)c1. The van der Waals surface area contributed by atoms with Gasteiger partial charge >= 0.3 is 0 Å². The molecule has 0 unspecified atom stereocenters. The molecule has 0 saturated heterocycles. The zero-order valence-electron chi connectivity index (χ0n) is 9.26. The average Bonchev–Trinajstić information content (AvgIpc) is 1.99. The van der Waals surface area contributed by atoms with Crippen LogP contribution in [0.3, 0.4) is 0 Å². The van der Waals surface area contributed by atoms with Crippen LogP contribution in [0.25, 0.3) is 0 Å². The predicted octanol–water partition coefficient (Wildman–Crippen LogP) is 3.80. The number of nitrogens with two attached hydrogens (primary N) is 1. The van der Waals surface area contributed by atoms with E-state index in [-0.39, 0.29) is 11.5 Å². The third kappa shape index (κ3) is 2.82. The summed E-state index contributed by atoms with van der Waals surface area (Å²) in [6.45, 7) is 8.57. The minimum absolute atomic E-state index is 0.0821. The van der Waals surface area contributed by atoms with Crippen molar-refractivity contribution in [2.45, 2.75) is 33.7 Å². The summed E-state index contributed by atoms with van der Waals surface area (Å²) in [5.74, 6) is 0. The van der Waals surface area contributed by atoms with Gasteiger partial charge in [-0.15, -0.1) is 0 Å². The van der Waals surface area contributed by atoms with Crippen molar-refractivity contribution in [3.63, 3.8) is 0 Å². The van der Waals surface area contributed by atoms with Gasteiger partial charge in [0.2, 0.25) is 0 Å². The van der Waals surface area contributed by atoms with Crippen LogP contribution in [0, 0.1) is 12.3 Å². The van der Waals surface area contributed by atoms with Crippen LogP contribution in [0.1, 0.15) is 37.9 Å². The van der Waals surface area contributed by atoms with Crippen LogP contribution < -0.4 is 5.73 Å². The first-order chi connectivity index (χ1) is 6.30. The lowest BCUT2D eigenvalue weighted by molar-refractivity contribution is 0.327.